The Balaban J connectivity index is 1.89. The van der Waals surface area contributed by atoms with E-state index < -0.39 is 0 Å². The van der Waals surface area contributed by atoms with Gasteiger partial charge in [-0.05, 0) is 44.9 Å². The van der Waals surface area contributed by atoms with Crippen molar-refractivity contribution in [2.45, 2.75) is 75.5 Å². The van der Waals surface area contributed by atoms with Gasteiger partial charge in [0.25, 0.3) is 0 Å². The molecule has 0 radical (unpaired) electrons. The lowest BCUT2D eigenvalue weighted by Gasteiger charge is -2.42. The largest absolute Gasteiger partial charge is 0.0880 e. The Hall–Kier alpha value is -0.700. The van der Waals surface area contributed by atoms with Crippen molar-refractivity contribution in [3.63, 3.8) is 0 Å². The van der Waals surface area contributed by atoms with Gasteiger partial charge in [0.15, 0.2) is 0 Å². The van der Waals surface area contributed by atoms with E-state index in [0.717, 1.165) is 11.3 Å². The van der Waals surface area contributed by atoms with Crippen LogP contribution in [0.2, 0.25) is 0 Å². The quantitative estimate of drug-likeness (QED) is 0.438. The molecule has 0 amide bonds. The van der Waals surface area contributed by atoms with Crippen LogP contribution in [0.15, 0.2) is 48.5 Å². The maximum atomic E-state index is 2.48. The Bertz CT molecular complexity index is 740. The van der Waals surface area contributed by atoms with Gasteiger partial charge in [0, 0.05) is 11.3 Å². The van der Waals surface area contributed by atoms with Gasteiger partial charge in [-0.15, -0.1) is 0 Å². The molecule has 0 saturated carbocycles. The molecule has 4 atom stereocenters. The van der Waals surface area contributed by atoms with E-state index in [9.17, 15) is 0 Å². The van der Waals surface area contributed by atoms with E-state index in [1.807, 2.05) is 0 Å². The first kappa shape index (κ1) is 18.7. The summed E-state index contributed by atoms with van der Waals surface area (Å²) >= 11 is 0. The average Bonchev–Trinajstić information content (AvgIpc) is 3.12. The molecule has 2 aliphatic heterocycles. The highest BCUT2D eigenvalue weighted by Gasteiger charge is 2.50. The molecule has 0 fully saturated rings. The predicted octanol–water partition coefficient (Wildman–Crippen LogP) is 8.06. The molecule has 4 rings (SSSR count). The summed E-state index contributed by atoms with van der Waals surface area (Å²) < 4.78 is 0. The fourth-order valence-corrected chi connectivity index (χ4v) is 12.3. The van der Waals surface area contributed by atoms with Crippen LogP contribution in [0.3, 0.4) is 0 Å². The van der Waals surface area contributed by atoms with Crippen molar-refractivity contribution < 1.29 is 0 Å². The van der Waals surface area contributed by atoms with E-state index in [0.29, 0.717) is 10.3 Å². The smallest absolute Gasteiger partial charge is 0.0161 e. The standard InChI is InChI=1S/C24H32P2/c1-23(2,3)25-15-17-11-7-9-13-19(17)21(25)22-20-14-10-8-12-18(20)16-26(22)24(4,5)6/h7-14,21-22H,15-16H2,1-6H3/t21-,22-,25-,26+/m0/s1. The second-order valence-electron chi connectivity index (χ2n) is 9.88. The molecule has 0 aliphatic carbocycles. The van der Waals surface area contributed by atoms with Gasteiger partial charge in [-0.3, -0.25) is 0 Å². The molecule has 26 heavy (non-hydrogen) atoms. The molecule has 0 aromatic heterocycles. The van der Waals surface area contributed by atoms with Crippen LogP contribution >= 0.6 is 15.8 Å². The summed E-state index contributed by atoms with van der Waals surface area (Å²) in [6, 6.07) is 18.7. The zero-order chi connectivity index (χ0) is 18.7. The predicted molar refractivity (Wildman–Crippen MR) is 119 cm³/mol. The molecule has 2 heterocycles. The Morgan fingerprint density at radius 3 is 1.31 bits per heavy atom. The highest BCUT2D eigenvalue weighted by Crippen LogP contribution is 2.80. The van der Waals surface area contributed by atoms with Gasteiger partial charge in [-0.25, -0.2) is 0 Å². The highest BCUT2D eigenvalue weighted by atomic mass is 31.1. The summed E-state index contributed by atoms with van der Waals surface area (Å²) in [5.41, 5.74) is 8.07. The topological polar surface area (TPSA) is 0 Å². The van der Waals surface area contributed by atoms with E-state index in [-0.39, 0.29) is 15.8 Å². The minimum absolute atomic E-state index is 0.0695. The molecule has 0 unspecified atom stereocenters. The fourth-order valence-electron chi connectivity index (χ4n) is 4.82. The Morgan fingerprint density at radius 2 is 0.962 bits per heavy atom. The van der Waals surface area contributed by atoms with Crippen LogP contribution in [0.5, 0.6) is 0 Å². The molecular weight excluding hydrogens is 350 g/mol. The first-order valence-corrected chi connectivity index (χ1v) is 13.1. The summed E-state index contributed by atoms with van der Waals surface area (Å²) in [5, 5.41) is 0.797. The first-order chi connectivity index (χ1) is 12.2. The van der Waals surface area contributed by atoms with E-state index in [1.54, 1.807) is 22.3 Å². The number of rotatable bonds is 1. The third-order valence-electron chi connectivity index (χ3n) is 6.12. The summed E-state index contributed by atoms with van der Waals surface area (Å²) in [5.74, 6) is 0. The molecule has 2 aromatic carbocycles. The lowest BCUT2D eigenvalue weighted by atomic mass is 9.98. The molecule has 0 nitrogen and oxygen atoms in total. The Morgan fingerprint density at radius 1 is 0.615 bits per heavy atom. The number of benzene rings is 2. The first-order valence-electron chi connectivity index (χ1n) is 9.87. The SMILES string of the molecule is CC(C)(C)[P@]1Cc2ccccc2[C@H]1[C@@H]1c2ccccc2C[P@]1C(C)(C)C. The lowest BCUT2D eigenvalue weighted by Crippen LogP contribution is -2.20. The maximum Gasteiger partial charge on any atom is 0.0161 e. The Labute approximate surface area is 162 Å². The fraction of sp³-hybridized carbons (Fsp3) is 0.500. The lowest BCUT2D eigenvalue weighted by molar-refractivity contribution is 0.736. The van der Waals surface area contributed by atoms with Gasteiger partial charge in [0.1, 0.15) is 0 Å². The van der Waals surface area contributed by atoms with Gasteiger partial charge in [-0.1, -0.05) is 106 Å². The third kappa shape index (κ3) is 3.08. The summed E-state index contributed by atoms with van der Waals surface area (Å²) in [4.78, 5) is 0. The van der Waals surface area contributed by atoms with Gasteiger partial charge in [0.2, 0.25) is 0 Å². The van der Waals surface area contributed by atoms with Crippen LogP contribution in [0.4, 0.5) is 0 Å². The maximum absolute atomic E-state index is 2.48. The van der Waals surface area contributed by atoms with E-state index in [4.69, 9.17) is 0 Å². The summed E-state index contributed by atoms with van der Waals surface area (Å²) in [6.45, 7) is 14.9. The van der Waals surface area contributed by atoms with E-state index >= 15 is 0 Å². The summed E-state index contributed by atoms with van der Waals surface area (Å²) in [6.07, 6.45) is 2.62. The van der Waals surface area contributed by atoms with Crippen LogP contribution in [-0.2, 0) is 12.3 Å². The zero-order valence-corrected chi connectivity index (χ0v) is 18.9. The molecule has 0 N–H and O–H groups in total. The molecular formula is C24H32P2. The van der Waals surface area contributed by atoms with Crippen molar-refractivity contribution in [1.82, 2.24) is 0 Å². The van der Waals surface area contributed by atoms with Crippen LogP contribution < -0.4 is 0 Å². The minimum Gasteiger partial charge on any atom is -0.0880 e. The van der Waals surface area contributed by atoms with Crippen molar-refractivity contribution >= 4 is 15.8 Å². The minimum atomic E-state index is -0.0695. The van der Waals surface area contributed by atoms with Crippen molar-refractivity contribution in [2.24, 2.45) is 0 Å². The number of hydrogen-bond acceptors (Lipinski definition) is 0. The molecule has 2 aliphatic rings. The van der Waals surface area contributed by atoms with Gasteiger partial charge in [-0.2, -0.15) is 0 Å². The van der Waals surface area contributed by atoms with E-state index in [1.165, 1.54) is 12.3 Å². The molecule has 0 spiro atoms. The van der Waals surface area contributed by atoms with Crippen molar-refractivity contribution in [3.8, 4) is 0 Å². The Kier molecular flexibility index (Phi) is 4.61. The van der Waals surface area contributed by atoms with E-state index in [2.05, 4.69) is 90.1 Å². The third-order valence-corrected chi connectivity index (χ3v) is 13.7. The van der Waals surface area contributed by atoms with Crippen LogP contribution in [0, 0.1) is 0 Å². The number of fused-ring (bicyclic) bond motifs is 2. The highest BCUT2D eigenvalue weighted by molar-refractivity contribution is 7.63. The second kappa shape index (κ2) is 6.43. The molecule has 0 saturated heterocycles. The molecule has 2 heteroatoms. The van der Waals surface area contributed by atoms with Crippen LogP contribution in [0.1, 0.15) is 75.1 Å². The average molecular weight is 382 g/mol. The molecule has 0 bridgehead atoms. The molecule has 2 aromatic rings. The van der Waals surface area contributed by atoms with Crippen LogP contribution in [0.25, 0.3) is 0 Å². The normalized spacial score (nSPS) is 28.1. The second-order valence-corrected chi connectivity index (χ2v) is 16.2. The van der Waals surface area contributed by atoms with Gasteiger partial charge < -0.3 is 0 Å². The van der Waals surface area contributed by atoms with Crippen LogP contribution in [-0.4, -0.2) is 10.3 Å². The van der Waals surface area contributed by atoms with Crippen molar-refractivity contribution in [2.75, 3.05) is 0 Å². The summed E-state index contributed by atoms with van der Waals surface area (Å²) in [7, 11) is -0.139. The monoisotopic (exact) mass is 382 g/mol. The zero-order valence-electron chi connectivity index (χ0n) is 17.1. The molecule has 138 valence electrons. The van der Waals surface area contributed by atoms with Crippen molar-refractivity contribution in [3.05, 3.63) is 70.8 Å². The number of hydrogen-bond donors (Lipinski definition) is 0. The van der Waals surface area contributed by atoms with Crippen molar-refractivity contribution in [1.29, 1.82) is 0 Å². The van der Waals surface area contributed by atoms with Gasteiger partial charge >= 0.3 is 0 Å². The van der Waals surface area contributed by atoms with Gasteiger partial charge in [0.05, 0.1) is 0 Å².